The second kappa shape index (κ2) is 11.0. The first-order valence-electron chi connectivity index (χ1n) is 12.5. The molecule has 0 unspecified atom stereocenters. The summed E-state index contributed by atoms with van der Waals surface area (Å²) >= 11 is 0. The van der Waals surface area contributed by atoms with Gasteiger partial charge in [0, 0.05) is 46.9 Å². The zero-order valence-electron chi connectivity index (χ0n) is 21.6. The first-order valence-corrected chi connectivity index (χ1v) is 12.5. The highest BCUT2D eigenvalue weighted by atomic mass is 19.4. The molecular weight excluding hydrogens is 547 g/mol. The Morgan fingerprint density at radius 1 is 0.810 bits per heavy atom. The smallest absolute Gasteiger partial charge is 0.416 e. The van der Waals surface area contributed by atoms with Crippen molar-refractivity contribution < 1.29 is 22.7 Å². The first-order chi connectivity index (χ1) is 20.3. The molecule has 12 heteroatoms. The van der Waals surface area contributed by atoms with E-state index in [0.29, 0.717) is 16.9 Å². The highest BCUT2D eigenvalue weighted by molar-refractivity contribution is 6.02. The number of aromatic nitrogens is 5. The lowest BCUT2D eigenvalue weighted by molar-refractivity contribution is -0.137. The number of urea groups is 1. The van der Waals surface area contributed by atoms with Crippen molar-refractivity contribution in [1.29, 1.82) is 0 Å². The molecule has 0 atom stereocenters. The lowest BCUT2D eigenvalue weighted by Crippen LogP contribution is -2.20. The van der Waals surface area contributed by atoms with Gasteiger partial charge in [-0.1, -0.05) is 24.3 Å². The summed E-state index contributed by atoms with van der Waals surface area (Å²) in [6, 6.07) is 17.0. The maximum Gasteiger partial charge on any atom is 0.416 e. The van der Waals surface area contributed by atoms with Crippen LogP contribution in [0.2, 0.25) is 0 Å². The number of hydrogen-bond acceptors (Lipinski definition) is 6. The molecule has 208 valence electrons. The molecule has 0 saturated heterocycles. The van der Waals surface area contributed by atoms with Gasteiger partial charge in [-0.05, 0) is 48.0 Å². The van der Waals surface area contributed by atoms with E-state index in [4.69, 9.17) is 4.74 Å². The Hall–Kier alpha value is -5.78. The number of nitrogens with zero attached hydrogens (tertiary/aromatic N) is 4. The molecule has 6 rings (SSSR count). The van der Waals surface area contributed by atoms with E-state index in [1.165, 1.54) is 24.7 Å². The zero-order chi connectivity index (χ0) is 29.1. The summed E-state index contributed by atoms with van der Waals surface area (Å²) in [5.74, 6) is 0.500. The average molecular weight is 568 g/mol. The largest absolute Gasteiger partial charge is 0.424 e. The van der Waals surface area contributed by atoms with Gasteiger partial charge in [0.1, 0.15) is 11.4 Å². The number of amides is 2. The van der Waals surface area contributed by atoms with Crippen LogP contribution in [-0.2, 0) is 6.18 Å². The third-order valence-electron chi connectivity index (χ3n) is 6.25. The fraction of sp³-hybridized carbons (Fsp3) is 0.0333. The van der Waals surface area contributed by atoms with Gasteiger partial charge in [-0.15, -0.1) is 0 Å². The zero-order valence-corrected chi connectivity index (χ0v) is 21.6. The van der Waals surface area contributed by atoms with Crippen molar-refractivity contribution in [2.24, 2.45) is 0 Å². The van der Waals surface area contributed by atoms with Crippen LogP contribution in [0.3, 0.4) is 0 Å². The number of carbonyl (C=O) groups is 1. The van der Waals surface area contributed by atoms with Crippen molar-refractivity contribution in [2.75, 3.05) is 10.6 Å². The van der Waals surface area contributed by atoms with E-state index in [1.54, 1.807) is 36.7 Å². The number of carbonyl (C=O) groups excluding carboxylic acids is 1. The van der Waals surface area contributed by atoms with Crippen molar-refractivity contribution in [3.8, 4) is 34.0 Å². The minimum atomic E-state index is -4.58. The van der Waals surface area contributed by atoms with Gasteiger partial charge >= 0.3 is 18.2 Å². The van der Waals surface area contributed by atoms with Gasteiger partial charge in [0.2, 0.25) is 0 Å². The topological polar surface area (TPSA) is 118 Å². The van der Waals surface area contributed by atoms with Crippen LogP contribution >= 0.6 is 0 Å². The Labute approximate surface area is 236 Å². The molecule has 0 aliphatic carbocycles. The average Bonchev–Trinajstić information content (AvgIpc) is 3.47. The molecule has 6 aromatic rings. The maximum absolute atomic E-state index is 13.3. The summed E-state index contributed by atoms with van der Waals surface area (Å²) in [5, 5.41) is 6.01. The van der Waals surface area contributed by atoms with Crippen molar-refractivity contribution in [2.45, 2.75) is 6.18 Å². The molecule has 42 heavy (non-hydrogen) atoms. The molecular formula is C30H20F3N7O2. The Bertz CT molecular complexity index is 1860. The fourth-order valence-corrected chi connectivity index (χ4v) is 4.23. The number of halogens is 3. The summed E-state index contributed by atoms with van der Waals surface area (Å²) in [4.78, 5) is 32.4. The molecule has 9 nitrogen and oxygen atoms in total. The van der Waals surface area contributed by atoms with Crippen LogP contribution < -0.4 is 15.4 Å². The molecule has 3 N–H and O–H groups in total. The van der Waals surface area contributed by atoms with Crippen LogP contribution in [0.5, 0.6) is 11.8 Å². The molecule has 2 amide bonds. The van der Waals surface area contributed by atoms with Crippen molar-refractivity contribution in [3.63, 3.8) is 0 Å². The molecule has 0 bridgehead atoms. The number of nitrogens with one attached hydrogen (secondary N) is 3. The Balaban J connectivity index is 1.12. The lowest BCUT2D eigenvalue weighted by atomic mass is 10.0. The number of ether oxygens (including phenoxy) is 1. The molecule has 0 fully saturated rings. The van der Waals surface area contributed by atoms with Crippen molar-refractivity contribution >= 4 is 28.4 Å². The number of alkyl halides is 3. The van der Waals surface area contributed by atoms with Crippen molar-refractivity contribution in [3.05, 3.63) is 109 Å². The van der Waals surface area contributed by atoms with Crippen molar-refractivity contribution in [1.82, 2.24) is 24.9 Å². The van der Waals surface area contributed by atoms with E-state index in [2.05, 4.69) is 35.6 Å². The summed E-state index contributed by atoms with van der Waals surface area (Å²) in [6.45, 7) is 0. The molecule has 0 radical (unpaired) electrons. The highest BCUT2D eigenvalue weighted by Crippen LogP contribution is 2.36. The lowest BCUT2D eigenvalue weighted by Gasteiger charge is -2.15. The predicted molar refractivity (Wildman–Crippen MR) is 151 cm³/mol. The van der Waals surface area contributed by atoms with Gasteiger partial charge in [-0.25, -0.2) is 19.7 Å². The van der Waals surface area contributed by atoms with E-state index in [1.807, 2.05) is 30.5 Å². The SMILES string of the molecule is O=C(Nc1cnc(Oc2ccc(-c3cnc4[nH]ccc4c3)cc2)nc1)Nc1cc(C(F)(F)F)ccc1-c1cccnc1. The molecule has 4 aromatic heterocycles. The van der Waals surface area contributed by atoms with Crippen LogP contribution in [-0.4, -0.2) is 31.0 Å². The van der Waals surface area contributed by atoms with E-state index < -0.39 is 17.8 Å². The Morgan fingerprint density at radius 2 is 1.62 bits per heavy atom. The van der Waals surface area contributed by atoms with Gasteiger partial charge in [0.05, 0.1) is 29.3 Å². The number of benzene rings is 2. The van der Waals surface area contributed by atoms with E-state index in [9.17, 15) is 18.0 Å². The monoisotopic (exact) mass is 567 g/mol. The molecule has 4 heterocycles. The minimum Gasteiger partial charge on any atom is -0.424 e. The molecule has 0 saturated carbocycles. The standard InChI is InChI=1S/C30H20F3N7O2/c31-30(32,33)22-5-8-25(20-2-1-10-34-14-20)26(13-22)40-28(41)39-23-16-37-29(38-17-23)42-24-6-3-18(4-7-24)21-12-19-9-11-35-27(19)36-15-21/h1-17H,(H,35,36)(H2,39,40,41). The highest BCUT2D eigenvalue weighted by Gasteiger charge is 2.31. The summed E-state index contributed by atoms with van der Waals surface area (Å²) in [6.07, 6.45) is 4.71. The van der Waals surface area contributed by atoms with Crippen LogP contribution in [0, 0.1) is 0 Å². The molecule has 0 aliphatic rings. The van der Waals surface area contributed by atoms with Gasteiger partial charge in [-0.2, -0.15) is 13.2 Å². The van der Waals surface area contributed by atoms with Crippen LogP contribution in [0.1, 0.15) is 5.56 Å². The van der Waals surface area contributed by atoms with E-state index in [-0.39, 0.29) is 17.4 Å². The van der Waals surface area contributed by atoms with Gasteiger partial charge in [0.15, 0.2) is 0 Å². The number of anilines is 2. The third-order valence-corrected chi connectivity index (χ3v) is 6.25. The van der Waals surface area contributed by atoms with Gasteiger partial charge in [-0.3, -0.25) is 4.98 Å². The second-order valence-corrected chi connectivity index (χ2v) is 9.10. The van der Waals surface area contributed by atoms with Crippen LogP contribution in [0.4, 0.5) is 29.3 Å². The Kier molecular flexibility index (Phi) is 6.93. The maximum atomic E-state index is 13.3. The molecule has 0 spiro atoms. The predicted octanol–water partition coefficient (Wildman–Crippen LogP) is 7.54. The number of pyridine rings is 2. The minimum absolute atomic E-state index is 0.0385. The third kappa shape index (κ3) is 5.87. The summed E-state index contributed by atoms with van der Waals surface area (Å²) < 4.78 is 45.7. The number of aromatic amines is 1. The quantitative estimate of drug-likeness (QED) is 0.191. The molecule has 0 aliphatic heterocycles. The van der Waals surface area contributed by atoms with Gasteiger partial charge in [0.25, 0.3) is 0 Å². The summed E-state index contributed by atoms with van der Waals surface area (Å²) in [7, 11) is 0. The fourth-order valence-electron chi connectivity index (χ4n) is 4.23. The van der Waals surface area contributed by atoms with E-state index >= 15 is 0 Å². The Morgan fingerprint density at radius 3 is 2.36 bits per heavy atom. The number of fused-ring (bicyclic) bond motifs is 1. The first kappa shape index (κ1) is 26.4. The van der Waals surface area contributed by atoms with E-state index in [0.717, 1.165) is 34.3 Å². The number of hydrogen-bond donors (Lipinski definition) is 3. The number of rotatable bonds is 6. The molecule has 2 aromatic carbocycles. The second-order valence-electron chi connectivity index (χ2n) is 9.10. The van der Waals surface area contributed by atoms with Gasteiger partial charge < -0.3 is 20.4 Å². The normalized spacial score (nSPS) is 11.3. The summed E-state index contributed by atoms with van der Waals surface area (Å²) in [5.41, 5.74) is 2.91. The van der Waals surface area contributed by atoms with Crippen LogP contribution in [0.25, 0.3) is 33.3 Å². The number of H-pyrrole nitrogens is 1. The van der Waals surface area contributed by atoms with Crippen LogP contribution in [0.15, 0.2) is 104 Å².